The Balaban J connectivity index is 1.68. The molecule has 2 aromatic rings. The fraction of sp³-hybridized carbons (Fsp3) is 0.600. The van der Waals surface area contributed by atoms with Gasteiger partial charge in [-0.3, -0.25) is 0 Å². The van der Waals surface area contributed by atoms with Gasteiger partial charge in [-0.15, -0.1) is 0 Å². The van der Waals surface area contributed by atoms with Crippen LogP contribution in [0.3, 0.4) is 0 Å². The summed E-state index contributed by atoms with van der Waals surface area (Å²) in [5.41, 5.74) is -0.758. The van der Waals surface area contributed by atoms with E-state index in [9.17, 15) is 4.80 Å². The summed E-state index contributed by atoms with van der Waals surface area (Å²) in [5.74, 6) is 0.400. The van der Waals surface area contributed by atoms with E-state index in [2.05, 4.69) is 85.8 Å². The second kappa shape index (κ2) is 8.94. The summed E-state index contributed by atoms with van der Waals surface area (Å²) < 4.78 is 13.9. The molecule has 1 aliphatic heterocycles. The fourth-order valence-electron chi connectivity index (χ4n) is 6.56. The molecular formula is C30H45BO3Si2. The van der Waals surface area contributed by atoms with Crippen LogP contribution in [0.4, 0.5) is 0 Å². The van der Waals surface area contributed by atoms with Crippen molar-refractivity contribution in [2.24, 2.45) is 11.8 Å². The zero-order chi connectivity index (χ0) is 26.8. The topological polar surface area (TPSA) is 38.7 Å². The maximum absolute atomic E-state index is 12.6. The van der Waals surface area contributed by atoms with E-state index in [1.165, 1.54) is 0 Å². The maximum Gasteiger partial charge on any atom is 0.258 e. The summed E-state index contributed by atoms with van der Waals surface area (Å²) in [7, 11) is 1.39. The lowest BCUT2D eigenvalue weighted by Gasteiger charge is -2.43. The second-order valence-corrected chi connectivity index (χ2v) is 22.1. The van der Waals surface area contributed by atoms with Crippen LogP contribution in [0.5, 0.6) is 0 Å². The van der Waals surface area contributed by atoms with Gasteiger partial charge in [0.05, 0.1) is 5.60 Å². The van der Waals surface area contributed by atoms with Crippen LogP contribution in [0.25, 0.3) is 0 Å². The fourth-order valence-corrected chi connectivity index (χ4v) is 12.0. The Morgan fingerprint density at radius 1 is 0.917 bits per heavy atom. The van der Waals surface area contributed by atoms with E-state index in [0.717, 1.165) is 23.2 Å². The number of hydrogen-bond acceptors (Lipinski definition) is 3. The van der Waals surface area contributed by atoms with E-state index in [-0.39, 0.29) is 33.5 Å². The summed E-state index contributed by atoms with van der Waals surface area (Å²) in [6, 6.07) is 20.2. The third-order valence-corrected chi connectivity index (χ3v) is 19.2. The summed E-state index contributed by atoms with van der Waals surface area (Å²) in [6.07, 6.45) is 1.65. The molecule has 1 saturated carbocycles. The van der Waals surface area contributed by atoms with Crippen molar-refractivity contribution in [3.8, 4) is 0 Å². The minimum absolute atomic E-state index is 0.106. The lowest BCUT2D eigenvalue weighted by molar-refractivity contribution is 0.00822. The zero-order valence-electron chi connectivity index (χ0n) is 23.8. The van der Waals surface area contributed by atoms with Gasteiger partial charge >= 0.3 is 0 Å². The first-order valence-electron chi connectivity index (χ1n) is 13.5. The minimum Gasteiger partial charge on any atom is -0.424 e. The average Bonchev–Trinajstić information content (AvgIpc) is 3.21. The smallest absolute Gasteiger partial charge is 0.258 e. The minimum atomic E-state index is -3.09. The van der Waals surface area contributed by atoms with Gasteiger partial charge in [-0.25, -0.2) is 0 Å². The molecule has 1 unspecified atom stereocenters. The molecule has 2 aromatic carbocycles. The third-order valence-electron chi connectivity index (χ3n) is 10.2. The summed E-state index contributed by atoms with van der Waals surface area (Å²) >= 11 is 0. The lowest BCUT2D eigenvalue weighted by atomic mass is 9.83. The first kappa shape index (κ1) is 27.8. The molecule has 6 heteroatoms. The standard InChI is InChI=1S/C30H45BO3Si2/c1-22-26(31)33-29(23(2)30(22,29)34-35(8,9)27(3,4)5)21-20-28(6,7)36(32,24-16-12-10-13-17-24)25-18-14-11-15-19-25/h10-19,22-23,26,32H,20-21H2,1-9H3/t22-,23?,26+,29-,30+/m0/s1. The van der Waals surface area contributed by atoms with Crippen LogP contribution in [0, 0.1) is 11.8 Å². The summed E-state index contributed by atoms with van der Waals surface area (Å²) in [4.78, 5) is 12.6. The predicted molar refractivity (Wildman–Crippen MR) is 156 cm³/mol. The molecule has 4 rings (SSSR count). The van der Waals surface area contributed by atoms with E-state index >= 15 is 0 Å². The van der Waals surface area contributed by atoms with Crippen molar-refractivity contribution in [2.75, 3.05) is 0 Å². The highest BCUT2D eigenvalue weighted by Crippen LogP contribution is 2.72. The molecule has 2 fully saturated rings. The Morgan fingerprint density at radius 2 is 1.39 bits per heavy atom. The molecule has 0 bridgehead atoms. The molecule has 36 heavy (non-hydrogen) atoms. The van der Waals surface area contributed by atoms with Crippen LogP contribution >= 0.6 is 0 Å². The summed E-state index contributed by atoms with van der Waals surface area (Å²) in [5, 5.41) is 1.86. The highest BCUT2D eigenvalue weighted by atomic mass is 28.4. The molecule has 1 aliphatic carbocycles. The Bertz CT molecular complexity index is 1030. The van der Waals surface area contributed by atoms with Gasteiger partial charge in [0.2, 0.25) is 0 Å². The normalized spacial score (nSPS) is 30.8. The van der Waals surface area contributed by atoms with Crippen molar-refractivity contribution >= 4 is 34.9 Å². The van der Waals surface area contributed by atoms with E-state index in [0.29, 0.717) is 0 Å². The van der Waals surface area contributed by atoms with Crippen LogP contribution in [0.1, 0.15) is 61.3 Å². The molecule has 194 valence electrons. The van der Waals surface area contributed by atoms with Gasteiger partial charge in [0, 0.05) is 17.8 Å². The van der Waals surface area contributed by atoms with Crippen molar-refractivity contribution in [1.82, 2.24) is 0 Å². The number of benzene rings is 2. The monoisotopic (exact) mass is 520 g/mol. The molecule has 0 spiro atoms. The SMILES string of the molecule is [B][C@@H]1O[C@@]2(CCC(C)(C)[Si](O)(c3ccccc3)c3ccccc3)C(C)[C@]2(O[Si](C)(C)C(C)(C)C)[C@H]1C. The van der Waals surface area contributed by atoms with Gasteiger partial charge in [0.1, 0.15) is 13.4 Å². The van der Waals surface area contributed by atoms with Crippen LogP contribution < -0.4 is 10.4 Å². The average molecular weight is 521 g/mol. The molecule has 0 aromatic heterocycles. The molecule has 5 atom stereocenters. The molecule has 1 saturated heterocycles. The molecule has 0 amide bonds. The molecule has 1 heterocycles. The van der Waals surface area contributed by atoms with Crippen molar-refractivity contribution in [1.29, 1.82) is 0 Å². The van der Waals surface area contributed by atoms with Crippen molar-refractivity contribution in [3.05, 3.63) is 60.7 Å². The Morgan fingerprint density at radius 3 is 1.83 bits per heavy atom. The second-order valence-electron chi connectivity index (χ2n) is 13.5. The van der Waals surface area contributed by atoms with Crippen LogP contribution in [-0.2, 0) is 9.16 Å². The van der Waals surface area contributed by atoms with Gasteiger partial charge in [0.25, 0.3) is 8.32 Å². The Kier molecular flexibility index (Phi) is 6.92. The molecule has 3 nitrogen and oxygen atoms in total. The first-order valence-corrected chi connectivity index (χ1v) is 18.4. The Hall–Kier alpha value is -1.18. The quantitative estimate of drug-likeness (QED) is 0.460. The van der Waals surface area contributed by atoms with E-state index in [4.69, 9.17) is 17.0 Å². The van der Waals surface area contributed by atoms with Gasteiger partial charge < -0.3 is 14.0 Å². The molecular weight excluding hydrogens is 475 g/mol. The lowest BCUT2D eigenvalue weighted by Crippen LogP contribution is -2.65. The number of rotatable bonds is 8. The van der Waals surface area contributed by atoms with E-state index in [1.807, 2.05) is 36.4 Å². The van der Waals surface area contributed by atoms with Crippen LogP contribution in [0.15, 0.2) is 60.7 Å². The van der Waals surface area contributed by atoms with Crippen LogP contribution in [0.2, 0.25) is 23.2 Å². The van der Waals surface area contributed by atoms with Crippen molar-refractivity contribution < 1.29 is 14.0 Å². The maximum atomic E-state index is 12.6. The number of hydrogen-bond donors (Lipinski definition) is 1. The summed E-state index contributed by atoms with van der Waals surface area (Å²) in [6.45, 7) is 20.5. The van der Waals surface area contributed by atoms with E-state index in [1.54, 1.807) is 0 Å². The largest absolute Gasteiger partial charge is 0.424 e. The third kappa shape index (κ3) is 3.94. The van der Waals surface area contributed by atoms with Gasteiger partial charge in [-0.1, -0.05) is 109 Å². The molecule has 2 aliphatic rings. The molecule has 1 N–H and O–H groups in total. The van der Waals surface area contributed by atoms with Gasteiger partial charge in [-0.05, 0) is 46.4 Å². The first-order chi connectivity index (χ1) is 16.6. The predicted octanol–water partition coefficient (Wildman–Crippen LogP) is 5.61. The van der Waals surface area contributed by atoms with Crippen molar-refractivity contribution in [2.45, 2.75) is 102 Å². The highest BCUT2D eigenvalue weighted by Gasteiger charge is 2.84. The Labute approximate surface area is 222 Å². The number of fused-ring (bicyclic) bond motifs is 1. The zero-order valence-corrected chi connectivity index (χ0v) is 25.8. The highest BCUT2D eigenvalue weighted by molar-refractivity contribution is 6.98. The van der Waals surface area contributed by atoms with E-state index < -0.39 is 22.2 Å². The molecule has 2 radical (unpaired) electrons. The van der Waals surface area contributed by atoms with Crippen molar-refractivity contribution in [3.63, 3.8) is 0 Å². The van der Waals surface area contributed by atoms with Crippen LogP contribution in [-0.4, -0.2) is 46.5 Å². The van der Waals surface area contributed by atoms with Gasteiger partial charge in [-0.2, -0.15) is 0 Å². The van der Waals surface area contributed by atoms with Gasteiger partial charge in [0.15, 0.2) is 8.32 Å². The number of ether oxygens (including phenoxy) is 1.